The molecule has 2 aromatic carbocycles. The highest BCUT2D eigenvalue weighted by molar-refractivity contribution is 7.13. The van der Waals surface area contributed by atoms with E-state index in [-0.39, 0.29) is 18.2 Å². The Morgan fingerprint density at radius 2 is 2.03 bits per heavy atom. The van der Waals surface area contributed by atoms with Crippen molar-refractivity contribution in [2.45, 2.75) is 12.5 Å². The Kier molecular flexibility index (Phi) is 5.64. The molecule has 1 saturated heterocycles. The number of fused-ring (bicyclic) bond motifs is 1. The molecule has 4 aromatic rings. The molecule has 10 nitrogen and oxygen atoms in total. The van der Waals surface area contributed by atoms with Crippen molar-refractivity contribution in [3.8, 4) is 17.0 Å². The zero-order chi connectivity index (χ0) is 25.6. The summed E-state index contributed by atoms with van der Waals surface area (Å²) in [5.41, 5.74) is 7.40. The number of thiazole rings is 1. The third-order valence-electron chi connectivity index (χ3n) is 6.19. The highest BCUT2D eigenvalue weighted by atomic mass is 32.1. The summed E-state index contributed by atoms with van der Waals surface area (Å²) < 4.78 is 11.3. The number of nitrogen functional groups attached to an aromatic ring is 1. The lowest BCUT2D eigenvalue weighted by atomic mass is 9.94. The van der Waals surface area contributed by atoms with E-state index in [1.807, 2.05) is 24.4 Å². The minimum absolute atomic E-state index is 0.157. The molecular weight excluding hydrogens is 482 g/mol. The van der Waals surface area contributed by atoms with E-state index >= 15 is 0 Å². The Bertz CT molecular complexity index is 1530. The molecule has 2 aromatic heterocycles. The van der Waals surface area contributed by atoms with Crippen LogP contribution in [0.4, 0.5) is 9.93 Å². The van der Waals surface area contributed by atoms with Crippen molar-refractivity contribution in [2.24, 2.45) is 0 Å². The number of aromatic nitrogens is 1. The van der Waals surface area contributed by atoms with Crippen LogP contribution in [0, 0.1) is 6.92 Å². The highest BCUT2D eigenvalue weighted by Crippen LogP contribution is 2.34. The zero-order valence-electron chi connectivity index (χ0n) is 19.7. The van der Waals surface area contributed by atoms with Crippen LogP contribution in [0.5, 0.6) is 5.75 Å². The number of anilines is 1. The summed E-state index contributed by atoms with van der Waals surface area (Å²) in [4.78, 5) is 44.4. The molecule has 0 unspecified atom stereocenters. The van der Waals surface area contributed by atoms with Gasteiger partial charge in [0.1, 0.15) is 17.1 Å². The Balaban J connectivity index is 1.52. The predicted octanol–water partition coefficient (Wildman–Crippen LogP) is 3.26. The highest BCUT2D eigenvalue weighted by Gasteiger charge is 2.51. The molecule has 0 aliphatic carbocycles. The van der Waals surface area contributed by atoms with Crippen LogP contribution in [-0.2, 0) is 10.3 Å². The normalized spacial score (nSPS) is 17.2. The van der Waals surface area contributed by atoms with E-state index in [1.54, 1.807) is 37.4 Å². The van der Waals surface area contributed by atoms with E-state index in [0.29, 0.717) is 27.4 Å². The lowest BCUT2D eigenvalue weighted by molar-refractivity contribution is -0.125. The molecule has 11 heteroatoms. The second kappa shape index (κ2) is 8.68. The molecule has 1 atom stereocenters. The maximum atomic E-state index is 13.3. The fraction of sp³-hybridized carbons (Fsp3) is 0.200. The van der Waals surface area contributed by atoms with E-state index in [1.165, 1.54) is 23.3 Å². The number of aryl methyl sites for hydroxylation is 1. The minimum Gasteiger partial charge on any atom is -0.497 e. The number of ether oxygens (including phenoxy) is 1. The number of furan rings is 1. The summed E-state index contributed by atoms with van der Waals surface area (Å²) >= 11 is 1.34. The number of rotatable bonds is 6. The fourth-order valence-corrected chi connectivity index (χ4v) is 4.85. The number of imide groups is 1. The van der Waals surface area contributed by atoms with Crippen molar-refractivity contribution in [3.05, 3.63) is 64.7 Å². The number of hydrogen-bond donors (Lipinski definition) is 3. The number of carbonyl (C=O) groups excluding carboxylic acids is 3. The van der Waals surface area contributed by atoms with Gasteiger partial charge in [0.15, 0.2) is 10.7 Å². The van der Waals surface area contributed by atoms with Crippen LogP contribution in [-0.4, -0.2) is 48.4 Å². The van der Waals surface area contributed by atoms with Gasteiger partial charge in [0.2, 0.25) is 0 Å². The van der Waals surface area contributed by atoms with Crippen LogP contribution >= 0.6 is 11.3 Å². The monoisotopic (exact) mass is 505 g/mol. The number of methoxy groups -OCH3 is 1. The molecule has 5 rings (SSSR count). The van der Waals surface area contributed by atoms with Gasteiger partial charge in [0, 0.05) is 28.9 Å². The lowest BCUT2D eigenvalue weighted by Crippen LogP contribution is -2.52. The van der Waals surface area contributed by atoms with Crippen LogP contribution in [0.2, 0.25) is 0 Å². The summed E-state index contributed by atoms with van der Waals surface area (Å²) in [7, 11) is 3.08. The number of nitrogens with one attached hydrogen (secondary N) is 2. The van der Waals surface area contributed by atoms with Gasteiger partial charge in [-0.15, -0.1) is 11.3 Å². The largest absolute Gasteiger partial charge is 0.497 e. The molecule has 1 aliphatic rings. The second-order valence-corrected chi connectivity index (χ2v) is 9.48. The van der Waals surface area contributed by atoms with Gasteiger partial charge in [-0.3, -0.25) is 14.9 Å². The third kappa shape index (κ3) is 3.93. The topological polar surface area (TPSA) is 140 Å². The van der Waals surface area contributed by atoms with Gasteiger partial charge in [0.25, 0.3) is 11.8 Å². The van der Waals surface area contributed by atoms with Gasteiger partial charge in [-0.2, -0.15) is 0 Å². The van der Waals surface area contributed by atoms with Crippen LogP contribution < -0.4 is 21.1 Å². The number of nitrogens with two attached hydrogens (primary N) is 1. The first kappa shape index (κ1) is 23.4. The van der Waals surface area contributed by atoms with Crippen molar-refractivity contribution in [1.29, 1.82) is 0 Å². The minimum atomic E-state index is -1.61. The van der Waals surface area contributed by atoms with Gasteiger partial charge >= 0.3 is 6.03 Å². The maximum absolute atomic E-state index is 13.3. The van der Waals surface area contributed by atoms with E-state index in [4.69, 9.17) is 14.9 Å². The SMILES string of the molecule is COc1ccc(C)c(C(=O)N(C)C[C@@]2(c3cc4cc(-c5csc(N)n5)ccc4o3)NC(=O)NC2=O)c1. The number of hydrogen-bond acceptors (Lipinski definition) is 8. The molecule has 0 radical (unpaired) electrons. The van der Waals surface area contributed by atoms with Gasteiger partial charge in [-0.05, 0) is 48.9 Å². The molecule has 4 amide bonds. The Labute approximate surface area is 210 Å². The van der Waals surface area contributed by atoms with Gasteiger partial charge in [0.05, 0.1) is 19.3 Å². The van der Waals surface area contributed by atoms with Crippen LogP contribution in [0.3, 0.4) is 0 Å². The Hall–Kier alpha value is -4.38. The second-order valence-electron chi connectivity index (χ2n) is 8.59. The van der Waals surface area contributed by atoms with E-state index < -0.39 is 17.5 Å². The number of urea groups is 1. The molecule has 1 aliphatic heterocycles. The molecular formula is C25H23N5O5S. The van der Waals surface area contributed by atoms with Crippen molar-refractivity contribution >= 4 is 45.3 Å². The third-order valence-corrected chi connectivity index (χ3v) is 6.87. The van der Waals surface area contributed by atoms with Crippen molar-refractivity contribution in [1.82, 2.24) is 20.5 Å². The molecule has 0 spiro atoms. The first-order valence-electron chi connectivity index (χ1n) is 11.0. The van der Waals surface area contributed by atoms with Crippen LogP contribution in [0.15, 0.2) is 52.3 Å². The molecule has 0 bridgehead atoms. The summed E-state index contributed by atoms with van der Waals surface area (Å²) in [6.07, 6.45) is 0. The standard InChI is InChI=1S/C25H23N5O5S/c1-13-4-6-16(34-3)10-17(13)21(31)30(2)12-25(22(32)28-24(33)29-25)20-9-15-8-14(5-7-19(15)35-20)18-11-36-23(26)27-18/h4-11H,12H2,1-3H3,(H2,26,27)(H2,28,29,32,33)/t25-/m0/s1. The smallest absolute Gasteiger partial charge is 0.322 e. The molecule has 184 valence electrons. The number of likely N-dealkylation sites (N-methyl/N-ethyl adjacent to an activating group) is 1. The van der Waals surface area contributed by atoms with Crippen molar-refractivity contribution < 1.29 is 23.5 Å². The van der Waals surface area contributed by atoms with Gasteiger partial charge in [-0.1, -0.05) is 6.07 Å². The average Bonchev–Trinajstić information content (AvgIpc) is 3.55. The first-order valence-corrected chi connectivity index (χ1v) is 11.9. The summed E-state index contributed by atoms with van der Waals surface area (Å²) in [6.45, 7) is 1.66. The van der Waals surface area contributed by atoms with E-state index in [2.05, 4.69) is 15.6 Å². The summed E-state index contributed by atoms with van der Waals surface area (Å²) in [6, 6.07) is 11.7. The van der Waals surface area contributed by atoms with Gasteiger partial charge < -0.3 is 25.1 Å². The number of carbonyl (C=O) groups is 3. The Morgan fingerprint density at radius 3 is 2.69 bits per heavy atom. The molecule has 1 fully saturated rings. The van der Waals surface area contributed by atoms with Crippen molar-refractivity contribution in [2.75, 3.05) is 26.4 Å². The van der Waals surface area contributed by atoms with E-state index in [9.17, 15) is 14.4 Å². The first-order chi connectivity index (χ1) is 17.2. The molecule has 36 heavy (non-hydrogen) atoms. The Morgan fingerprint density at radius 1 is 1.22 bits per heavy atom. The van der Waals surface area contributed by atoms with Gasteiger partial charge in [-0.25, -0.2) is 9.78 Å². The lowest BCUT2D eigenvalue weighted by Gasteiger charge is -2.29. The number of amides is 4. The van der Waals surface area contributed by atoms with Crippen LogP contribution in [0.1, 0.15) is 21.7 Å². The average molecular weight is 506 g/mol. The summed E-state index contributed by atoms with van der Waals surface area (Å²) in [5.74, 6) is -0.202. The fourth-order valence-electron chi connectivity index (χ4n) is 4.28. The quantitative estimate of drug-likeness (QED) is 0.342. The molecule has 4 N–H and O–H groups in total. The van der Waals surface area contributed by atoms with Crippen LogP contribution in [0.25, 0.3) is 22.2 Å². The number of nitrogens with zero attached hydrogens (tertiary/aromatic N) is 2. The molecule has 0 saturated carbocycles. The summed E-state index contributed by atoms with van der Waals surface area (Å²) in [5, 5.41) is 7.97. The predicted molar refractivity (Wildman–Crippen MR) is 135 cm³/mol. The maximum Gasteiger partial charge on any atom is 0.322 e. The van der Waals surface area contributed by atoms with E-state index in [0.717, 1.165) is 16.8 Å². The zero-order valence-corrected chi connectivity index (χ0v) is 20.6. The number of benzene rings is 2. The van der Waals surface area contributed by atoms with Crippen molar-refractivity contribution in [3.63, 3.8) is 0 Å². The molecule has 3 heterocycles.